The van der Waals surface area contributed by atoms with Crippen LogP contribution >= 0.6 is 11.5 Å². The molecule has 0 spiro atoms. The largest absolute Gasteiger partial charge is 0.368 e. The van der Waals surface area contributed by atoms with Crippen LogP contribution in [0.4, 0.5) is 15.2 Å². The van der Waals surface area contributed by atoms with E-state index < -0.39 is 0 Å². The monoisotopic (exact) mass is 515 g/mol. The van der Waals surface area contributed by atoms with Crippen LogP contribution in [-0.2, 0) is 17.8 Å². The van der Waals surface area contributed by atoms with E-state index in [9.17, 15) is 9.18 Å². The van der Waals surface area contributed by atoms with Crippen LogP contribution in [0.1, 0.15) is 22.5 Å². The highest BCUT2D eigenvalue weighted by Gasteiger charge is 2.25. The van der Waals surface area contributed by atoms with Gasteiger partial charge in [-0.15, -0.1) is 0 Å². The van der Waals surface area contributed by atoms with Crippen molar-refractivity contribution in [1.82, 2.24) is 14.3 Å². The number of hydrogen-bond acceptors (Lipinski definition) is 6. The van der Waals surface area contributed by atoms with Gasteiger partial charge in [-0.05, 0) is 41.8 Å². The SMILES string of the molecule is Cc1ccccc1N1CCN(C(=O)CN(Cc2ccccc2)c2nc(Cc3ccc(F)cc3)ns2)CC1. The molecule has 8 heteroatoms. The molecule has 0 atom stereocenters. The lowest BCUT2D eigenvalue weighted by atomic mass is 10.1. The molecule has 0 aliphatic carbocycles. The summed E-state index contributed by atoms with van der Waals surface area (Å²) in [6, 6.07) is 24.9. The number of piperazine rings is 1. The van der Waals surface area contributed by atoms with Crippen LogP contribution in [0.15, 0.2) is 78.9 Å². The lowest BCUT2D eigenvalue weighted by molar-refractivity contribution is -0.130. The highest BCUT2D eigenvalue weighted by Crippen LogP contribution is 2.23. The van der Waals surface area contributed by atoms with Gasteiger partial charge < -0.3 is 14.7 Å². The van der Waals surface area contributed by atoms with Gasteiger partial charge in [0.2, 0.25) is 11.0 Å². The second-order valence-electron chi connectivity index (χ2n) is 9.29. The number of para-hydroxylation sites is 1. The number of benzene rings is 3. The van der Waals surface area contributed by atoms with Crippen molar-refractivity contribution in [2.75, 3.05) is 42.5 Å². The number of aryl methyl sites for hydroxylation is 1. The third-order valence-electron chi connectivity index (χ3n) is 6.63. The van der Waals surface area contributed by atoms with Crippen LogP contribution in [0.25, 0.3) is 0 Å². The number of carbonyl (C=O) groups is 1. The molecule has 1 saturated heterocycles. The van der Waals surface area contributed by atoms with Gasteiger partial charge in [-0.3, -0.25) is 4.79 Å². The van der Waals surface area contributed by atoms with Gasteiger partial charge in [0.1, 0.15) is 11.6 Å². The first-order chi connectivity index (χ1) is 18.0. The molecule has 37 heavy (non-hydrogen) atoms. The van der Waals surface area contributed by atoms with Crippen LogP contribution in [0.2, 0.25) is 0 Å². The third kappa shape index (κ3) is 6.32. The van der Waals surface area contributed by atoms with E-state index in [0.29, 0.717) is 37.0 Å². The molecule has 0 radical (unpaired) electrons. The Morgan fingerprint density at radius 2 is 1.62 bits per heavy atom. The van der Waals surface area contributed by atoms with E-state index in [4.69, 9.17) is 4.98 Å². The summed E-state index contributed by atoms with van der Waals surface area (Å²) in [5, 5.41) is 0.716. The van der Waals surface area contributed by atoms with Crippen molar-refractivity contribution >= 4 is 28.3 Å². The minimum atomic E-state index is -0.261. The van der Waals surface area contributed by atoms with Crippen LogP contribution in [0.5, 0.6) is 0 Å². The predicted molar refractivity (Wildman–Crippen MR) is 147 cm³/mol. The third-order valence-corrected chi connectivity index (χ3v) is 7.45. The van der Waals surface area contributed by atoms with Crippen molar-refractivity contribution in [3.8, 4) is 0 Å². The predicted octanol–water partition coefficient (Wildman–Crippen LogP) is 4.93. The van der Waals surface area contributed by atoms with Crippen LogP contribution in [0, 0.1) is 12.7 Å². The Morgan fingerprint density at radius 1 is 0.919 bits per heavy atom. The second-order valence-corrected chi connectivity index (χ2v) is 10.0. The van der Waals surface area contributed by atoms with E-state index in [1.165, 1.54) is 34.9 Å². The summed E-state index contributed by atoms with van der Waals surface area (Å²) >= 11 is 1.30. The number of amides is 1. The molecule has 0 bridgehead atoms. The van der Waals surface area contributed by atoms with Crippen molar-refractivity contribution in [2.45, 2.75) is 19.9 Å². The molecule has 3 aromatic carbocycles. The zero-order valence-corrected chi connectivity index (χ0v) is 21.7. The second kappa shape index (κ2) is 11.5. The summed E-state index contributed by atoms with van der Waals surface area (Å²) in [5.74, 6) is 0.502. The van der Waals surface area contributed by atoms with E-state index in [1.807, 2.05) is 28.0 Å². The minimum absolute atomic E-state index is 0.0932. The molecule has 1 aliphatic heterocycles. The molecule has 1 amide bonds. The molecule has 4 aromatic rings. The van der Waals surface area contributed by atoms with Crippen molar-refractivity contribution in [1.29, 1.82) is 0 Å². The molecule has 0 N–H and O–H groups in total. The number of hydrogen-bond donors (Lipinski definition) is 0. The minimum Gasteiger partial charge on any atom is -0.368 e. The standard InChI is InChI=1S/C29H30FN5OS/c1-22-7-5-6-10-26(22)33-15-17-34(18-16-33)28(36)21-35(20-24-8-3-2-4-9-24)29-31-27(32-37-29)19-23-11-13-25(30)14-12-23/h2-14H,15-21H2,1H3. The summed E-state index contributed by atoms with van der Waals surface area (Å²) < 4.78 is 17.8. The first-order valence-corrected chi connectivity index (χ1v) is 13.3. The number of rotatable bonds is 8. The normalized spacial score (nSPS) is 13.6. The first kappa shape index (κ1) is 24.9. The number of nitrogens with zero attached hydrogens (tertiary/aromatic N) is 5. The van der Waals surface area contributed by atoms with Gasteiger partial charge in [0.05, 0.1) is 6.54 Å². The average Bonchev–Trinajstić information content (AvgIpc) is 3.39. The Labute approximate surface area is 221 Å². The van der Waals surface area contributed by atoms with E-state index in [-0.39, 0.29) is 18.3 Å². The lowest BCUT2D eigenvalue weighted by Crippen LogP contribution is -2.51. The molecular formula is C29H30FN5OS. The zero-order chi connectivity index (χ0) is 25.6. The molecule has 190 valence electrons. The van der Waals surface area contributed by atoms with Crippen molar-refractivity contribution in [2.24, 2.45) is 0 Å². The summed E-state index contributed by atoms with van der Waals surface area (Å²) in [5.41, 5.74) is 4.55. The molecule has 0 unspecified atom stereocenters. The van der Waals surface area contributed by atoms with E-state index in [1.54, 1.807) is 12.1 Å². The topological polar surface area (TPSA) is 52.6 Å². The summed E-state index contributed by atoms with van der Waals surface area (Å²) in [6.07, 6.45) is 0.519. The van der Waals surface area contributed by atoms with Crippen molar-refractivity contribution in [3.05, 3.63) is 107 Å². The van der Waals surface area contributed by atoms with Gasteiger partial charge in [-0.1, -0.05) is 60.7 Å². The van der Waals surface area contributed by atoms with Crippen molar-refractivity contribution in [3.63, 3.8) is 0 Å². The highest BCUT2D eigenvalue weighted by molar-refractivity contribution is 7.09. The fourth-order valence-corrected chi connectivity index (χ4v) is 5.29. The van der Waals surface area contributed by atoms with Crippen LogP contribution < -0.4 is 9.80 Å². The summed E-state index contributed by atoms with van der Waals surface area (Å²) in [6.45, 7) is 5.95. The fraction of sp³-hybridized carbons (Fsp3) is 0.276. The van der Waals surface area contributed by atoms with Crippen LogP contribution in [0.3, 0.4) is 0 Å². The van der Waals surface area contributed by atoms with Gasteiger partial charge in [0, 0.05) is 56.4 Å². The Bertz CT molecular complexity index is 1320. The van der Waals surface area contributed by atoms with E-state index in [0.717, 1.165) is 24.2 Å². The molecule has 1 fully saturated rings. The molecule has 0 saturated carbocycles. The van der Waals surface area contributed by atoms with Gasteiger partial charge in [0.15, 0.2) is 0 Å². The van der Waals surface area contributed by atoms with Gasteiger partial charge >= 0.3 is 0 Å². The van der Waals surface area contributed by atoms with Crippen LogP contribution in [-0.4, -0.2) is 52.9 Å². The quantitative estimate of drug-likeness (QED) is 0.333. The smallest absolute Gasteiger partial charge is 0.242 e. The summed E-state index contributed by atoms with van der Waals surface area (Å²) in [7, 11) is 0. The Hall–Kier alpha value is -3.78. The maximum atomic E-state index is 13.4. The molecule has 5 rings (SSSR count). The number of aromatic nitrogens is 2. The van der Waals surface area contributed by atoms with Gasteiger partial charge in [-0.25, -0.2) is 9.37 Å². The highest BCUT2D eigenvalue weighted by atomic mass is 32.1. The Kier molecular flexibility index (Phi) is 7.75. The summed E-state index contributed by atoms with van der Waals surface area (Å²) in [4.78, 5) is 24.5. The van der Waals surface area contributed by atoms with Crippen molar-refractivity contribution < 1.29 is 9.18 Å². The number of halogens is 1. The maximum Gasteiger partial charge on any atom is 0.242 e. The molecule has 2 heterocycles. The van der Waals surface area contributed by atoms with Gasteiger partial charge in [0.25, 0.3) is 0 Å². The average molecular weight is 516 g/mol. The lowest BCUT2D eigenvalue weighted by Gasteiger charge is -2.37. The Balaban J connectivity index is 1.27. The fourth-order valence-electron chi connectivity index (χ4n) is 4.60. The number of anilines is 2. The van der Waals surface area contributed by atoms with E-state index >= 15 is 0 Å². The van der Waals surface area contributed by atoms with E-state index in [2.05, 4.69) is 52.6 Å². The van der Waals surface area contributed by atoms with Gasteiger partial charge in [-0.2, -0.15) is 4.37 Å². The molecule has 1 aliphatic rings. The number of carbonyl (C=O) groups excluding carboxylic acids is 1. The zero-order valence-electron chi connectivity index (χ0n) is 20.9. The molecule has 1 aromatic heterocycles. The molecule has 6 nitrogen and oxygen atoms in total. The Morgan fingerprint density at radius 3 is 2.35 bits per heavy atom. The first-order valence-electron chi connectivity index (χ1n) is 12.5. The maximum absolute atomic E-state index is 13.4. The molecular weight excluding hydrogens is 485 g/mol.